The first-order valence-electron chi connectivity index (χ1n) is 11.1. The van der Waals surface area contributed by atoms with Crippen molar-refractivity contribution in [3.63, 3.8) is 0 Å². The first-order chi connectivity index (χ1) is 14.7. The second kappa shape index (κ2) is 5.92. The van der Waals surface area contributed by atoms with Crippen LogP contribution in [0.4, 0.5) is 0 Å². The van der Waals surface area contributed by atoms with Gasteiger partial charge in [-0.3, -0.25) is 4.79 Å². The predicted molar refractivity (Wildman–Crippen MR) is 90.5 cm³/mol. The van der Waals surface area contributed by atoms with Gasteiger partial charge in [0.1, 0.15) is 12.0 Å². The molecule has 1 amide bonds. The van der Waals surface area contributed by atoms with Crippen LogP contribution < -0.4 is 5.73 Å². The number of hydrogen-bond donors (Lipinski definition) is 2. The van der Waals surface area contributed by atoms with Crippen LogP contribution in [0.5, 0.6) is 0 Å². The van der Waals surface area contributed by atoms with Crippen molar-refractivity contribution in [3.8, 4) is 11.3 Å². The molecule has 0 aromatic carbocycles. The molecule has 122 valence electrons. The number of amides is 1. The highest BCUT2D eigenvalue weighted by Crippen LogP contribution is 2.34. The number of aromatic nitrogens is 5. The fraction of sp³-hybridized carbons (Fsp3) is 0.294. The van der Waals surface area contributed by atoms with Crippen molar-refractivity contribution < 1.29 is 15.8 Å². The van der Waals surface area contributed by atoms with Crippen molar-refractivity contribution in [2.45, 2.75) is 25.5 Å². The summed E-state index contributed by atoms with van der Waals surface area (Å²) in [6.07, 6.45) is -6.09. The summed E-state index contributed by atoms with van der Waals surface area (Å²) >= 11 is 0. The Labute approximate surface area is 149 Å². The quantitative estimate of drug-likeness (QED) is 0.717. The monoisotopic (exact) mass is 330 g/mol. The number of allylic oxidation sites excluding steroid dienone is 1. The van der Waals surface area contributed by atoms with Gasteiger partial charge in [0, 0.05) is 46.3 Å². The van der Waals surface area contributed by atoms with Crippen LogP contribution in [0, 0.1) is 5.92 Å². The van der Waals surface area contributed by atoms with Gasteiger partial charge in [0.25, 0.3) is 0 Å². The SMILES string of the molecule is [2H]C1([2H])C(C(=CC(N)=O)n2cc(-c3ncnc4[nH]ccc34)cn2)C([2H])([2H])C([2H])([2H])C1([2H])[2H]. The Bertz CT molecular complexity index is 1220. The molecule has 3 aromatic heterocycles. The van der Waals surface area contributed by atoms with Crippen LogP contribution in [0.25, 0.3) is 28.0 Å². The third-order valence-corrected chi connectivity index (χ3v) is 3.56. The highest BCUT2D eigenvalue weighted by atomic mass is 16.1. The number of hydrogen-bond acceptors (Lipinski definition) is 4. The number of carbonyl (C=O) groups is 1. The van der Waals surface area contributed by atoms with Gasteiger partial charge in [0.2, 0.25) is 5.91 Å². The number of H-pyrrole nitrogens is 1. The number of nitrogens with two attached hydrogens (primary N) is 1. The molecule has 7 heteroatoms. The molecule has 0 radical (unpaired) electrons. The Morgan fingerprint density at radius 1 is 1.42 bits per heavy atom. The Kier molecular flexibility index (Phi) is 2.03. The van der Waals surface area contributed by atoms with E-state index in [1.54, 1.807) is 12.3 Å². The highest BCUT2D eigenvalue weighted by molar-refractivity contribution is 5.92. The van der Waals surface area contributed by atoms with Crippen LogP contribution in [-0.4, -0.2) is 30.6 Å². The van der Waals surface area contributed by atoms with E-state index in [2.05, 4.69) is 20.1 Å². The standard InChI is InChI=1S/C17H18N6O/c18-15(24)7-14(11-3-1-2-4-11)23-9-12(8-22-23)16-13-5-6-19-17(13)21-10-20-16/h5-11H,1-4H2,(H2,18,24)(H,19,20,21)/i1D2,2D2,3D2,4D2. The predicted octanol–water partition coefficient (Wildman–Crippen LogP) is 2.34. The molecular weight excluding hydrogens is 304 g/mol. The van der Waals surface area contributed by atoms with E-state index in [-0.39, 0.29) is 0 Å². The highest BCUT2D eigenvalue weighted by Gasteiger charge is 2.22. The maximum absolute atomic E-state index is 11.7. The molecule has 4 rings (SSSR count). The van der Waals surface area contributed by atoms with Crippen molar-refractivity contribution in [1.29, 1.82) is 0 Å². The van der Waals surface area contributed by atoms with Gasteiger partial charge < -0.3 is 10.7 Å². The Balaban J connectivity index is 1.89. The van der Waals surface area contributed by atoms with E-state index in [0.717, 1.165) is 10.8 Å². The zero-order valence-electron chi connectivity index (χ0n) is 20.3. The summed E-state index contributed by atoms with van der Waals surface area (Å²) in [5.74, 6) is -3.09. The fourth-order valence-corrected chi connectivity index (χ4v) is 2.52. The number of rotatable bonds is 4. The lowest BCUT2D eigenvalue weighted by atomic mass is 10.0. The number of nitrogens with one attached hydrogen (secondary N) is 1. The lowest BCUT2D eigenvalue weighted by Crippen LogP contribution is -2.13. The Morgan fingerprint density at radius 2 is 2.25 bits per heavy atom. The van der Waals surface area contributed by atoms with E-state index in [0.29, 0.717) is 22.3 Å². The largest absolute Gasteiger partial charge is 0.366 e. The Morgan fingerprint density at radius 3 is 3.04 bits per heavy atom. The smallest absolute Gasteiger partial charge is 0.243 e. The molecule has 7 nitrogen and oxygen atoms in total. The average Bonchev–Trinajstić information content (AvgIpc) is 3.36. The third kappa shape index (κ3) is 2.58. The lowest BCUT2D eigenvalue weighted by molar-refractivity contribution is -0.113. The molecule has 1 saturated carbocycles. The maximum atomic E-state index is 11.7. The van der Waals surface area contributed by atoms with Gasteiger partial charge in [-0.1, -0.05) is 12.7 Å². The molecule has 0 saturated heterocycles. The first-order valence-corrected chi connectivity index (χ1v) is 7.08. The Hall–Kier alpha value is -2.96. The van der Waals surface area contributed by atoms with Crippen LogP contribution in [0.1, 0.15) is 36.5 Å². The van der Waals surface area contributed by atoms with E-state index in [1.807, 2.05) is 0 Å². The van der Waals surface area contributed by atoms with Gasteiger partial charge in [-0.2, -0.15) is 5.10 Å². The van der Waals surface area contributed by atoms with Crippen LogP contribution in [-0.2, 0) is 4.79 Å². The minimum absolute atomic E-state index is 0.414. The maximum Gasteiger partial charge on any atom is 0.243 e. The van der Waals surface area contributed by atoms with Crippen molar-refractivity contribution >= 4 is 22.6 Å². The van der Waals surface area contributed by atoms with Crippen molar-refractivity contribution in [2.75, 3.05) is 0 Å². The van der Waals surface area contributed by atoms with Gasteiger partial charge in [-0.15, -0.1) is 0 Å². The third-order valence-electron chi connectivity index (χ3n) is 3.56. The molecule has 3 aromatic rings. The molecule has 0 atom stereocenters. The second-order valence-electron chi connectivity index (χ2n) is 5.08. The summed E-state index contributed by atoms with van der Waals surface area (Å²) in [7, 11) is 0. The molecule has 3 heterocycles. The summed E-state index contributed by atoms with van der Waals surface area (Å²) in [6.45, 7) is 0. The van der Waals surface area contributed by atoms with Crippen LogP contribution in [0.15, 0.2) is 37.1 Å². The van der Waals surface area contributed by atoms with Crippen molar-refractivity contribution in [2.24, 2.45) is 11.7 Å². The molecule has 0 bridgehead atoms. The van der Waals surface area contributed by atoms with Gasteiger partial charge in [0.15, 0.2) is 0 Å². The van der Waals surface area contributed by atoms with Gasteiger partial charge in [0.05, 0.1) is 17.6 Å². The summed E-state index contributed by atoms with van der Waals surface area (Å²) in [6, 6.07) is 1.74. The zero-order valence-corrected chi connectivity index (χ0v) is 12.3. The topological polar surface area (TPSA) is 102 Å². The minimum Gasteiger partial charge on any atom is -0.366 e. The van der Waals surface area contributed by atoms with Crippen molar-refractivity contribution in [1.82, 2.24) is 24.7 Å². The summed E-state index contributed by atoms with van der Waals surface area (Å²) < 4.78 is 66.2. The van der Waals surface area contributed by atoms with E-state index in [1.165, 1.54) is 18.7 Å². The summed E-state index contributed by atoms with van der Waals surface area (Å²) in [5.41, 5.74) is 6.31. The number of carbonyl (C=O) groups excluding carboxylic acids is 1. The lowest BCUT2D eigenvalue weighted by Gasteiger charge is -2.14. The van der Waals surface area contributed by atoms with E-state index >= 15 is 0 Å². The molecule has 0 aliphatic heterocycles. The molecule has 24 heavy (non-hydrogen) atoms. The molecule has 0 spiro atoms. The number of primary amides is 1. The molecule has 1 aliphatic rings. The minimum atomic E-state index is -3.22. The number of fused-ring (bicyclic) bond motifs is 1. The molecule has 0 unspecified atom stereocenters. The van der Waals surface area contributed by atoms with Gasteiger partial charge in [-0.25, -0.2) is 14.6 Å². The number of aromatic amines is 1. The van der Waals surface area contributed by atoms with Gasteiger partial charge in [-0.05, 0) is 18.8 Å². The van der Waals surface area contributed by atoms with Crippen LogP contribution >= 0.6 is 0 Å². The fourth-order valence-electron chi connectivity index (χ4n) is 2.52. The van der Waals surface area contributed by atoms with E-state index < -0.39 is 43.0 Å². The summed E-state index contributed by atoms with van der Waals surface area (Å²) in [4.78, 5) is 23.0. The number of nitrogens with zero attached hydrogens (tertiary/aromatic N) is 4. The molecular formula is C17H18N6O. The summed E-state index contributed by atoms with van der Waals surface area (Å²) in [5, 5.41) is 4.76. The van der Waals surface area contributed by atoms with Crippen molar-refractivity contribution in [3.05, 3.63) is 37.1 Å². The van der Waals surface area contributed by atoms with Gasteiger partial charge >= 0.3 is 0 Å². The van der Waals surface area contributed by atoms with Crippen LogP contribution in [0.2, 0.25) is 0 Å². The second-order valence-corrected chi connectivity index (χ2v) is 5.08. The normalized spacial score (nSPS) is 29.4. The molecule has 1 aliphatic carbocycles. The van der Waals surface area contributed by atoms with E-state index in [4.69, 9.17) is 16.7 Å². The van der Waals surface area contributed by atoms with E-state index in [9.17, 15) is 4.79 Å². The average molecular weight is 330 g/mol. The zero-order chi connectivity index (χ0) is 23.7. The molecule has 3 N–H and O–H groups in total. The van der Waals surface area contributed by atoms with Crippen LogP contribution in [0.3, 0.4) is 0 Å². The first kappa shape index (κ1) is 8.23. The molecule has 1 fully saturated rings.